The van der Waals surface area contributed by atoms with Crippen molar-refractivity contribution in [1.29, 1.82) is 0 Å². The molecule has 1 nitrogen and oxygen atoms in total. The van der Waals surface area contributed by atoms with Crippen molar-refractivity contribution in [2.24, 2.45) is 0 Å². The molecule has 0 saturated carbocycles. The molecule has 1 aromatic rings. The molecule has 16 heavy (non-hydrogen) atoms. The molecule has 1 aliphatic heterocycles. The smallest absolute Gasteiger partial charge is 0.0788 e. The highest BCUT2D eigenvalue weighted by Gasteiger charge is 2.36. The lowest BCUT2D eigenvalue weighted by Gasteiger charge is -2.22. The van der Waals surface area contributed by atoms with Crippen LogP contribution in [-0.2, 0) is 6.42 Å². The van der Waals surface area contributed by atoms with E-state index in [-0.39, 0.29) is 0 Å². The van der Waals surface area contributed by atoms with E-state index in [1.165, 1.54) is 0 Å². The second kappa shape index (κ2) is 4.77. The Balaban J connectivity index is 2.17. The zero-order valence-electron chi connectivity index (χ0n) is 9.04. The van der Waals surface area contributed by atoms with Gasteiger partial charge in [-0.2, -0.15) is 11.8 Å². The van der Waals surface area contributed by atoms with Gasteiger partial charge in [-0.3, -0.25) is 0 Å². The summed E-state index contributed by atoms with van der Waals surface area (Å²) in [6, 6.07) is 5.40. The standard InChI is InChI=1S/C12H14Cl2OS/c1-8-5-12(15,7-16-8)6-9-4-10(13)2-3-11(9)14/h2-4,8,15H,5-7H2,1H3. The van der Waals surface area contributed by atoms with Crippen LogP contribution in [0.2, 0.25) is 10.0 Å². The van der Waals surface area contributed by atoms with E-state index in [9.17, 15) is 5.11 Å². The van der Waals surface area contributed by atoms with E-state index >= 15 is 0 Å². The molecule has 0 spiro atoms. The molecule has 0 aliphatic carbocycles. The summed E-state index contributed by atoms with van der Waals surface area (Å²) in [5.41, 5.74) is 0.310. The normalized spacial score (nSPS) is 29.6. The summed E-state index contributed by atoms with van der Waals surface area (Å²) < 4.78 is 0. The lowest BCUT2D eigenvalue weighted by Crippen LogP contribution is -2.31. The minimum Gasteiger partial charge on any atom is -0.389 e. The lowest BCUT2D eigenvalue weighted by molar-refractivity contribution is 0.0643. The first kappa shape index (κ1) is 12.6. The third-order valence-electron chi connectivity index (χ3n) is 2.83. The second-order valence-electron chi connectivity index (χ2n) is 4.46. The number of aliphatic hydroxyl groups is 1. The molecular weight excluding hydrogens is 263 g/mol. The van der Waals surface area contributed by atoms with Crippen molar-refractivity contribution in [2.45, 2.75) is 30.6 Å². The fraction of sp³-hybridized carbons (Fsp3) is 0.500. The summed E-state index contributed by atoms with van der Waals surface area (Å²) in [5, 5.41) is 12.3. The van der Waals surface area contributed by atoms with Gasteiger partial charge in [0.2, 0.25) is 0 Å². The van der Waals surface area contributed by atoms with Gasteiger partial charge in [0.15, 0.2) is 0 Å². The lowest BCUT2D eigenvalue weighted by atomic mass is 9.92. The first-order chi connectivity index (χ1) is 7.48. The van der Waals surface area contributed by atoms with Crippen molar-refractivity contribution >= 4 is 35.0 Å². The van der Waals surface area contributed by atoms with Crippen LogP contribution in [0.4, 0.5) is 0 Å². The summed E-state index contributed by atoms with van der Waals surface area (Å²) in [6.07, 6.45) is 1.41. The van der Waals surface area contributed by atoms with Gasteiger partial charge >= 0.3 is 0 Å². The van der Waals surface area contributed by atoms with Crippen molar-refractivity contribution in [2.75, 3.05) is 5.75 Å². The van der Waals surface area contributed by atoms with Crippen LogP contribution in [-0.4, -0.2) is 21.7 Å². The fourth-order valence-corrected chi connectivity index (χ4v) is 3.73. The van der Waals surface area contributed by atoms with Crippen LogP contribution in [0.1, 0.15) is 18.9 Å². The predicted molar refractivity (Wildman–Crippen MR) is 71.7 cm³/mol. The molecule has 1 aliphatic rings. The maximum Gasteiger partial charge on any atom is 0.0788 e. The van der Waals surface area contributed by atoms with Crippen molar-refractivity contribution < 1.29 is 5.11 Å². The van der Waals surface area contributed by atoms with Gasteiger partial charge < -0.3 is 5.11 Å². The van der Waals surface area contributed by atoms with Gasteiger partial charge in [0, 0.05) is 27.5 Å². The molecule has 2 unspecified atom stereocenters. The van der Waals surface area contributed by atoms with Crippen LogP contribution < -0.4 is 0 Å². The van der Waals surface area contributed by atoms with E-state index in [1.807, 2.05) is 17.8 Å². The zero-order chi connectivity index (χ0) is 11.8. The van der Waals surface area contributed by atoms with Crippen LogP contribution in [0.25, 0.3) is 0 Å². The van der Waals surface area contributed by atoms with E-state index in [4.69, 9.17) is 23.2 Å². The Labute approximate surface area is 110 Å². The Morgan fingerprint density at radius 3 is 2.88 bits per heavy atom. The summed E-state index contributed by atoms with van der Waals surface area (Å²) in [5.74, 6) is 0.775. The zero-order valence-corrected chi connectivity index (χ0v) is 11.4. The Hall–Kier alpha value is 0.110. The average Bonchev–Trinajstić information content (AvgIpc) is 2.52. The van der Waals surface area contributed by atoms with Crippen LogP contribution in [0.3, 0.4) is 0 Å². The highest BCUT2D eigenvalue weighted by Crippen LogP contribution is 2.37. The molecule has 0 bridgehead atoms. The highest BCUT2D eigenvalue weighted by atomic mass is 35.5. The number of halogens is 2. The molecule has 1 saturated heterocycles. The molecule has 1 fully saturated rings. The SMILES string of the molecule is CC1CC(O)(Cc2cc(Cl)ccc2Cl)CS1. The summed E-state index contributed by atoms with van der Waals surface area (Å²) in [6.45, 7) is 2.14. The van der Waals surface area contributed by atoms with Crippen molar-refractivity contribution in [1.82, 2.24) is 0 Å². The van der Waals surface area contributed by atoms with Crippen molar-refractivity contribution in [3.63, 3.8) is 0 Å². The second-order valence-corrected chi connectivity index (χ2v) is 6.73. The molecule has 0 radical (unpaired) electrons. The Kier molecular flexibility index (Phi) is 3.75. The van der Waals surface area contributed by atoms with Gasteiger partial charge in [-0.15, -0.1) is 0 Å². The predicted octanol–water partition coefficient (Wildman–Crippen LogP) is 3.79. The Bertz CT molecular complexity index is 397. The van der Waals surface area contributed by atoms with Crippen LogP contribution >= 0.6 is 35.0 Å². The molecule has 1 heterocycles. The molecule has 0 aromatic heterocycles. The molecule has 88 valence electrons. The quantitative estimate of drug-likeness (QED) is 0.887. The topological polar surface area (TPSA) is 20.2 Å². The monoisotopic (exact) mass is 276 g/mol. The molecule has 0 amide bonds. The van der Waals surface area contributed by atoms with Gasteiger partial charge in [0.05, 0.1) is 5.60 Å². The van der Waals surface area contributed by atoms with E-state index in [0.717, 1.165) is 17.7 Å². The number of rotatable bonds is 2. The molecule has 2 atom stereocenters. The largest absolute Gasteiger partial charge is 0.389 e. The maximum atomic E-state index is 10.4. The van der Waals surface area contributed by atoms with E-state index in [0.29, 0.717) is 21.7 Å². The third kappa shape index (κ3) is 2.86. The number of benzene rings is 1. The van der Waals surface area contributed by atoms with Crippen LogP contribution in [0.15, 0.2) is 18.2 Å². The van der Waals surface area contributed by atoms with Gasteiger partial charge in [-0.05, 0) is 30.2 Å². The molecule has 2 rings (SSSR count). The maximum absolute atomic E-state index is 10.4. The fourth-order valence-electron chi connectivity index (χ4n) is 2.11. The molecule has 1 aromatic carbocycles. The molecular formula is C12H14Cl2OS. The van der Waals surface area contributed by atoms with Crippen LogP contribution in [0.5, 0.6) is 0 Å². The van der Waals surface area contributed by atoms with E-state index in [1.54, 1.807) is 12.1 Å². The molecule has 1 N–H and O–H groups in total. The minimum absolute atomic E-state index is 0.517. The number of hydrogen-bond acceptors (Lipinski definition) is 2. The first-order valence-electron chi connectivity index (χ1n) is 5.26. The Morgan fingerprint density at radius 2 is 2.25 bits per heavy atom. The first-order valence-corrected chi connectivity index (χ1v) is 7.07. The van der Waals surface area contributed by atoms with E-state index in [2.05, 4.69) is 6.92 Å². The Morgan fingerprint density at radius 1 is 1.50 bits per heavy atom. The minimum atomic E-state index is -0.627. The third-order valence-corrected chi connectivity index (χ3v) is 4.87. The molecule has 4 heteroatoms. The highest BCUT2D eigenvalue weighted by molar-refractivity contribution is 8.00. The van der Waals surface area contributed by atoms with Gasteiger partial charge in [-0.25, -0.2) is 0 Å². The number of thioether (sulfide) groups is 1. The van der Waals surface area contributed by atoms with E-state index < -0.39 is 5.60 Å². The van der Waals surface area contributed by atoms with Crippen molar-refractivity contribution in [3.8, 4) is 0 Å². The van der Waals surface area contributed by atoms with Crippen LogP contribution in [0, 0.1) is 0 Å². The van der Waals surface area contributed by atoms with Crippen molar-refractivity contribution in [3.05, 3.63) is 33.8 Å². The van der Waals surface area contributed by atoms with Gasteiger partial charge in [-0.1, -0.05) is 30.1 Å². The summed E-state index contributed by atoms with van der Waals surface area (Å²) in [4.78, 5) is 0. The van der Waals surface area contributed by atoms with Gasteiger partial charge in [0.25, 0.3) is 0 Å². The van der Waals surface area contributed by atoms with Gasteiger partial charge in [0.1, 0.15) is 0 Å². The average molecular weight is 277 g/mol. The summed E-state index contributed by atoms with van der Waals surface area (Å²) >= 11 is 13.8. The number of hydrogen-bond donors (Lipinski definition) is 1. The summed E-state index contributed by atoms with van der Waals surface area (Å²) in [7, 11) is 0.